The van der Waals surface area contributed by atoms with Crippen LogP contribution in [0.5, 0.6) is 0 Å². The number of ether oxygens (including phenoxy) is 1. The average Bonchev–Trinajstić information content (AvgIpc) is 3.19. The van der Waals surface area contributed by atoms with E-state index in [1.807, 2.05) is 12.1 Å². The normalized spacial score (nSPS) is 15.5. The summed E-state index contributed by atoms with van der Waals surface area (Å²) in [5.41, 5.74) is 2.47. The van der Waals surface area contributed by atoms with Gasteiger partial charge >= 0.3 is 0 Å². The Kier molecular flexibility index (Phi) is 3.78. The van der Waals surface area contributed by atoms with E-state index in [1.165, 1.54) is 18.2 Å². The number of rotatable bonds is 4. The number of halogens is 1. The van der Waals surface area contributed by atoms with Gasteiger partial charge in [0.25, 0.3) is 0 Å². The smallest absolute Gasteiger partial charge is 0.226 e. The molecule has 5 nitrogen and oxygen atoms in total. The van der Waals surface area contributed by atoms with Crippen LogP contribution in [0, 0.1) is 5.82 Å². The summed E-state index contributed by atoms with van der Waals surface area (Å²) in [4.78, 5) is 19.4. The van der Waals surface area contributed by atoms with Crippen molar-refractivity contribution >= 4 is 22.9 Å². The zero-order valence-corrected chi connectivity index (χ0v) is 13.1. The lowest BCUT2D eigenvalue weighted by Gasteiger charge is -2.07. The van der Waals surface area contributed by atoms with Crippen molar-refractivity contribution < 1.29 is 13.9 Å². The number of allylic oxidation sites excluding steroid dienone is 1. The highest BCUT2D eigenvalue weighted by Gasteiger charge is 2.21. The quantitative estimate of drug-likeness (QED) is 0.718. The van der Waals surface area contributed by atoms with E-state index in [9.17, 15) is 9.18 Å². The summed E-state index contributed by atoms with van der Waals surface area (Å²) in [7, 11) is 0. The maximum Gasteiger partial charge on any atom is 0.226 e. The maximum atomic E-state index is 12.9. The number of aromatic nitrogens is 2. The van der Waals surface area contributed by atoms with E-state index in [-0.39, 0.29) is 17.4 Å². The van der Waals surface area contributed by atoms with Gasteiger partial charge in [-0.1, -0.05) is 12.1 Å². The molecule has 124 valence electrons. The van der Waals surface area contributed by atoms with Gasteiger partial charge in [-0.05, 0) is 35.9 Å². The lowest BCUT2D eigenvalue weighted by atomic mass is 10.2. The van der Waals surface area contributed by atoms with Crippen molar-refractivity contribution in [2.45, 2.75) is 6.54 Å². The molecule has 25 heavy (non-hydrogen) atoms. The van der Waals surface area contributed by atoms with Crippen LogP contribution in [0.15, 0.2) is 66.5 Å². The molecule has 0 amide bonds. The third-order valence-electron chi connectivity index (χ3n) is 3.87. The van der Waals surface area contributed by atoms with Crippen molar-refractivity contribution in [1.29, 1.82) is 0 Å². The molecule has 0 fully saturated rings. The summed E-state index contributed by atoms with van der Waals surface area (Å²) in [6.45, 7) is 0.434. The minimum absolute atomic E-state index is 0.208. The fourth-order valence-electron chi connectivity index (χ4n) is 2.61. The van der Waals surface area contributed by atoms with Crippen LogP contribution in [0.25, 0.3) is 17.1 Å². The van der Waals surface area contributed by atoms with Crippen molar-refractivity contribution in [2.24, 2.45) is 0 Å². The Bertz CT molecular complexity index is 1000. The molecule has 3 heterocycles. The lowest BCUT2D eigenvalue weighted by molar-refractivity contribution is -0.112. The van der Waals surface area contributed by atoms with Crippen molar-refractivity contribution in [2.75, 3.05) is 0 Å². The highest BCUT2D eigenvalue weighted by atomic mass is 19.1. The second-order valence-electron chi connectivity index (χ2n) is 5.61. The van der Waals surface area contributed by atoms with Crippen LogP contribution in [0.1, 0.15) is 11.1 Å². The number of carbonyl (C=O) groups excluding carboxylic acids is 1. The first-order chi connectivity index (χ1) is 12.2. The molecule has 0 unspecified atom stereocenters. The zero-order valence-electron chi connectivity index (χ0n) is 13.1. The van der Waals surface area contributed by atoms with Crippen LogP contribution in [-0.4, -0.2) is 15.8 Å². The Labute approximate surface area is 142 Å². The number of nitrogens with zero attached hydrogens (tertiary/aromatic N) is 1. The zero-order chi connectivity index (χ0) is 17.2. The molecule has 2 aromatic heterocycles. The Morgan fingerprint density at radius 3 is 2.92 bits per heavy atom. The molecule has 1 aliphatic heterocycles. The highest BCUT2D eigenvalue weighted by molar-refractivity contribution is 6.08. The van der Waals surface area contributed by atoms with Gasteiger partial charge < -0.3 is 15.0 Å². The lowest BCUT2D eigenvalue weighted by Crippen LogP contribution is -2.12. The molecule has 0 spiro atoms. The predicted molar refractivity (Wildman–Crippen MR) is 91.5 cm³/mol. The molecule has 1 aliphatic rings. The molecular weight excluding hydrogens is 321 g/mol. The number of fused-ring (bicyclic) bond motifs is 1. The number of pyridine rings is 1. The minimum atomic E-state index is -0.284. The van der Waals surface area contributed by atoms with E-state index in [1.54, 1.807) is 30.6 Å². The molecule has 2 N–H and O–H groups in total. The first-order valence-corrected chi connectivity index (χ1v) is 7.75. The van der Waals surface area contributed by atoms with Crippen molar-refractivity contribution in [3.05, 3.63) is 83.5 Å². The van der Waals surface area contributed by atoms with Gasteiger partial charge in [0.05, 0.1) is 0 Å². The second-order valence-corrected chi connectivity index (χ2v) is 5.61. The van der Waals surface area contributed by atoms with E-state index in [0.29, 0.717) is 12.4 Å². The number of carbonyl (C=O) groups is 1. The standard InChI is InChI=1S/C19H14FN3O2/c20-14-5-3-12(4-6-14)10-22-18-9-16(24)17(25-18)8-13-11-23-19-15(13)2-1-7-21-19/h1-9,11,22H,10H2,(H,21,23). The third kappa shape index (κ3) is 3.14. The molecule has 0 aliphatic carbocycles. The van der Waals surface area contributed by atoms with E-state index < -0.39 is 0 Å². The van der Waals surface area contributed by atoms with Gasteiger partial charge in [-0.2, -0.15) is 0 Å². The van der Waals surface area contributed by atoms with Gasteiger partial charge in [0.1, 0.15) is 11.5 Å². The number of nitrogens with one attached hydrogen (secondary N) is 2. The average molecular weight is 335 g/mol. The van der Waals surface area contributed by atoms with Gasteiger partial charge in [-0.15, -0.1) is 0 Å². The molecule has 6 heteroatoms. The number of benzene rings is 1. The highest BCUT2D eigenvalue weighted by Crippen LogP contribution is 2.23. The molecular formula is C19H14FN3O2. The second kappa shape index (κ2) is 6.24. The Hall–Kier alpha value is -3.41. The number of ketones is 1. The fourth-order valence-corrected chi connectivity index (χ4v) is 2.61. The van der Waals surface area contributed by atoms with Crippen molar-refractivity contribution in [3.8, 4) is 0 Å². The first-order valence-electron chi connectivity index (χ1n) is 7.75. The van der Waals surface area contributed by atoms with Crippen LogP contribution in [-0.2, 0) is 16.1 Å². The molecule has 0 bridgehead atoms. The molecule has 0 saturated heterocycles. The van der Waals surface area contributed by atoms with Crippen molar-refractivity contribution in [3.63, 3.8) is 0 Å². The third-order valence-corrected chi connectivity index (χ3v) is 3.87. The molecule has 1 aromatic carbocycles. The predicted octanol–water partition coefficient (Wildman–Crippen LogP) is 3.27. The summed E-state index contributed by atoms with van der Waals surface area (Å²) < 4.78 is 18.5. The van der Waals surface area contributed by atoms with Crippen LogP contribution in [0.3, 0.4) is 0 Å². The largest absolute Gasteiger partial charge is 0.437 e. The van der Waals surface area contributed by atoms with E-state index in [4.69, 9.17) is 4.74 Å². The molecule has 4 rings (SSSR count). The molecule has 0 atom stereocenters. The van der Waals surface area contributed by atoms with E-state index >= 15 is 0 Å². The fraction of sp³-hybridized carbons (Fsp3) is 0.0526. The van der Waals surface area contributed by atoms with Gasteiger partial charge in [-0.25, -0.2) is 9.37 Å². The van der Waals surface area contributed by atoms with Gasteiger partial charge in [0, 0.05) is 36.0 Å². The van der Waals surface area contributed by atoms with Gasteiger partial charge in [0.2, 0.25) is 5.78 Å². The maximum absolute atomic E-state index is 12.9. The minimum Gasteiger partial charge on any atom is -0.437 e. The number of hydrogen-bond donors (Lipinski definition) is 2. The van der Waals surface area contributed by atoms with Crippen LogP contribution < -0.4 is 5.32 Å². The molecule has 3 aromatic rings. The molecule has 0 radical (unpaired) electrons. The van der Waals surface area contributed by atoms with Crippen molar-refractivity contribution in [1.82, 2.24) is 15.3 Å². The number of H-pyrrole nitrogens is 1. The number of aromatic amines is 1. The number of hydrogen-bond acceptors (Lipinski definition) is 4. The SMILES string of the molecule is O=C1C=C(NCc2ccc(F)cc2)OC1=Cc1c[nH]c2ncccc12. The summed E-state index contributed by atoms with van der Waals surface area (Å²) >= 11 is 0. The summed E-state index contributed by atoms with van der Waals surface area (Å²) in [6.07, 6.45) is 6.58. The molecule has 0 saturated carbocycles. The van der Waals surface area contributed by atoms with Gasteiger partial charge in [0.15, 0.2) is 11.6 Å². The van der Waals surface area contributed by atoms with E-state index in [2.05, 4.69) is 15.3 Å². The Morgan fingerprint density at radius 1 is 1.24 bits per heavy atom. The van der Waals surface area contributed by atoms with E-state index in [0.717, 1.165) is 22.2 Å². The monoisotopic (exact) mass is 335 g/mol. The topological polar surface area (TPSA) is 67.0 Å². The van der Waals surface area contributed by atoms with Crippen LogP contribution in [0.2, 0.25) is 0 Å². The first kappa shape index (κ1) is 15.1. The van der Waals surface area contributed by atoms with Crippen LogP contribution >= 0.6 is 0 Å². The summed E-state index contributed by atoms with van der Waals surface area (Å²) in [5.74, 6) is 0.124. The Morgan fingerprint density at radius 2 is 2.08 bits per heavy atom. The van der Waals surface area contributed by atoms with Gasteiger partial charge in [-0.3, -0.25) is 4.79 Å². The summed E-state index contributed by atoms with van der Waals surface area (Å²) in [5, 5.41) is 3.94. The summed E-state index contributed by atoms with van der Waals surface area (Å²) in [6, 6.07) is 9.89. The Balaban J connectivity index is 1.47. The van der Waals surface area contributed by atoms with Crippen LogP contribution in [0.4, 0.5) is 4.39 Å².